The number of nitrogens with zero attached hydrogens (tertiary/aromatic N) is 1. The summed E-state index contributed by atoms with van der Waals surface area (Å²) in [5, 5.41) is 9.34. The lowest BCUT2D eigenvalue weighted by atomic mass is 10.0. The molecule has 0 aliphatic rings. The topological polar surface area (TPSA) is 66.8 Å². The molecule has 1 unspecified atom stereocenters. The highest BCUT2D eigenvalue weighted by Crippen LogP contribution is 2.24. The van der Waals surface area contributed by atoms with E-state index in [0.29, 0.717) is 18.5 Å². The summed E-state index contributed by atoms with van der Waals surface area (Å²) in [6.07, 6.45) is 0.607. The van der Waals surface area contributed by atoms with Crippen molar-refractivity contribution in [2.75, 3.05) is 6.54 Å². The number of ether oxygens (including phenoxy) is 1. The van der Waals surface area contributed by atoms with E-state index < -0.39 is 18.6 Å². The van der Waals surface area contributed by atoms with Crippen LogP contribution in [0.3, 0.4) is 0 Å². The van der Waals surface area contributed by atoms with Gasteiger partial charge in [-0.3, -0.25) is 4.79 Å². The first-order valence-electron chi connectivity index (χ1n) is 6.41. The number of hydrogen-bond acceptors (Lipinski definition) is 3. The fraction of sp³-hybridized carbons (Fsp3) is 0.429. The normalized spacial score (nSPS) is 12.0. The Hall–Kier alpha value is -2.18. The molecule has 0 saturated heterocycles. The molecule has 7 heteroatoms. The van der Waals surface area contributed by atoms with Crippen molar-refractivity contribution in [3.8, 4) is 5.75 Å². The lowest BCUT2D eigenvalue weighted by Crippen LogP contribution is -2.38. The van der Waals surface area contributed by atoms with E-state index in [1.807, 2.05) is 6.92 Å². The van der Waals surface area contributed by atoms with Gasteiger partial charge < -0.3 is 14.7 Å². The Bertz CT molecular complexity index is 490. The van der Waals surface area contributed by atoms with Crippen molar-refractivity contribution in [3.63, 3.8) is 0 Å². The fourth-order valence-corrected chi connectivity index (χ4v) is 2.00. The van der Waals surface area contributed by atoms with Crippen molar-refractivity contribution >= 4 is 11.9 Å². The van der Waals surface area contributed by atoms with Gasteiger partial charge in [-0.1, -0.05) is 19.1 Å². The molecule has 0 saturated carbocycles. The lowest BCUT2D eigenvalue weighted by molar-refractivity contribution is -0.149. The number of halogens is 2. The molecule has 0 aliphatic carbocycles. The Morgan fingerprint density at radius 2 is 1.86 bits per heavy atom. The van der Waals surface area contributed by atoms with Crippen molar-refractivity contribution in [2.45, 2.75) is 32.9 Å². The molecule has 1 atom stereocenters. The van der Waals surface area contributed by atoms with E-state index in [2.05, 4.69) is 4.74 Å². The van der Waals surface area contributed by atoms with E-state index in [9.17, 15) is 23.5 Å². The molecule has 0 aliphatic heterocycles. The van der Waals surface area contributed by atoms with Crippen LogP contribution in [0.5, 0.6) is 5.75 Å². The molecule has 1 N–H and O–H groups in total. The van der Waals surface area contributed by atoms with Gasteiger partial charge in [0.05, 0.1) is 0 Å². The van der Waals surface area contributed by atoms with Crippen LogP contribution < -0.4 is 4.74 Å². The van der Waals surface area contributed by atoms with Crippen molar-refractivity contribution in [2.24, 2.45) is 0 Å². The number of amides is 1. The minimum Gasteiger partial charge on any atom is -0.479 e. The van der Waals surface area contributed by atoms with Crippen LogP contribution >= 0.6 is 0 Å². The predicted octanol–water partition coefficient (Wildman–Crippen LogP) is 2.67. The number of carbonyl (C=O) groups excluding carboxylic acids is 1. The van der Waals surface area contributed by atoms with Crippen molar-refractivity contribution in [1.82, 2.24) is 4.90 Å². The predicted molar refractivity (Wildman–Crippen MR) is 71.1 cm³/mol. The standard InChI is InChI=1S/C14H17F2NO4/c1-3-8-17(9(2)18)12(13(19)20)10-4-6-11(7-5-10)21-14(15)16/h4-7,12,14H,3,8H2,1-2H3,(H,19,20). The summed E-state index contributed by atoms with van der Waals surface area (Å²) in [4.78, 5) is 24.3. The van der Waals surface area contributed by atoms with E-state index >= 15 is 0 Å². The second kappa shape index (κ2) is 7.56. The maximum atomic E-state index is 12.1. The van der Waals surface area contributed by atoms with Gasteiger partial charge in [0.25, 0.3) is 0 Å². The quantitative estimate of drug-likeness (QED) is 0.841. The zero-order valence-electron chi connectivity index (χ0n) is 11.8. The molecule has 1 aromatic carbocycles. The Kier molecular flexibility index (Phi) is 6.08. The zero-order valence-corrected chi connectivity index (χ0v) is 11.8. The highest BCUT2D eigenvalue weighted by atomic mass is 19.3. The van der Waals surface area contributed by atoms with Crippen LogP contribution in [0.4, 0.5) is 8.78 Å². The third-order valence-corrected chi connectivity index (χ3v) is 2.84. The molecule has 0 bridgehead atoms. The van der Waals surface area contributed by atoms with Gasteiger partial charge >= 0.3 is 12.6 Å². The van der Waals surface area contributed by atoms with Crippen molar-refractivity contribution < 1.29 is 28.2 Å². The molecule has 0 spiro atoms. The number of hydrogen-bond donors (Lipinski definition) is 1. The Morgan fingerprint density at radius 1 is 1.29 bits per heavy atom. The number of rotatable bonds is 7. The smallest absolute Gasteiger partial charge is 0.387 e. The summed E-state index contributed by atoms with van der Waals surface area (Å²) in [6.45, 7) is 0.468. The second-order valence-electron chi connectivity index (χ2n) is 4.40. The molecule has 5 nitrogen and oxygen atoms in total. The van der Waals surface area contributed by atoms with Crippen LogP contribution in [0.15, 0.2) is 24.3 Å². The Balaban J connectivity index is 3.05. The van der Waals surface area contributed by atoms with Gasteiger partial charge in [0, 0.05) is 13.5 Å². The maximum Gasteiger partial charge on any atom is 0.387 e. The van der Waals surface area contributed by atoms with Crippen molar-refractivity contribution in [1.29, 1.82) is 0 Å². The van der Waals surface area contributed by atoms with Gasteiger partial charge in [0.15, 0.2) is 6.04 Å². The Labute approximate surface area is 121 Å². The molecule has 0 heterocycles. The summed E-state index contributed by atoms with van der Waals surface area (Å²) in [7, 11) is 0. The molecular weight excluding hydrogens is 284 g/mol. The van der Waals surface area contributed by atoms with E-state index in [-0.39, 0.29) is 11.7 Å². The molecule has 1 aromatic rings. The monoisotopic (exact) mass is 301 g/mol. The van der Waals surface area contributed by atoms with Crippen LogP contribution in [-0.4, -0.2) is 35.0 Å². The summed E-state index contributed by atoms with van der Waals surface area (Å²) < 4.78 is 28.3. The fourth-order valence-electron chi connectivity index (χ4n) is 2.00. The molecule has 1 rings (SSSR count). The third kappa shape index (κ3) is 4.70. The molecule has 21 heavy (non-hydrogen) atoms. The highest BCUT2D eigenvalue weighted by molar-refractivity contribution is 5.83. The number of benzene rings is 1. The molecule has 116 valence electrons. The average Bonchev–Trinajstić information content (AvgIpc) is 2.39. The summed E-state index contributed by atoms with van der Waals surface area (Å²) in [5.41, 5.74) is 0.327. The highest BCUT2D eigenvalue weighted by Gasteiger charge is 2.28. The van der Waals surface area contributed by atoms with Crippen LogP contribution in [0.2, 0.25) is 0 Å². The average molecular weight is 301 g/mol. The number of carboxylic acid groups (broad SMARTS) is 1. The summed E-state index contributed by atoms with van der Waals surface area (Å²) in [5.74, 6) is -1.61. The zero-order chi connectivity index (χ0) is 16.0. The van der Waals surface area contributed by atoms with Crippen LogP contribution in [0.25, 0.3) is 0 Å². The molecular formula is C14H17F2NO4. The number of carbonyl (C=O) groups is 2. The first-order valence-corrected chi connectivity index (χ1v) is 6.41. The second-order valence-corrected chi connectivity index (χ2v) is 4.40. The first-order chi connectivity index (χ1) is 9.86. The van der Waals surface area contributed by atoms with Gasteiger partial charge in [-0.05, 0) is 24.1 Å². The number of aliphatic carboxylic acids is 1. The minimum absolute atomic E-state index is 0.0669. The lowest BCUT2D eigenvalue weighted by Gasteiger charge is -2.28. The van der Waals surface area contributed by atoms with Crippen LogP contribution in [-0.2, 0) is 9.59 Å². The third-order valence-electron chi connectivity index (χ3n) is 2.84. The van der Waals surface area contributed by atoms with Crippen LogP contribution in [0, 0.1) is 0 Å². The Morgan fingerprint density at radius 3 is 2.24 bits per heavy atom. The van der Waals surface area contributed by atoms with Crippen molar-refractivity contribution in [3.05, 3.63) is 29.8 Å². The molecule has 0 aromatic heterocycles. The van der Waals surface area contributed by atoms with Gasteiger partial charge in [-0.25, -0.2) is 4.79 Å². The molecule has 0 fully saturated rings. The van der Waals surface area contributed by atoms with Crippen LogP contribution in [0.1, 0.15) is 31.9 Å². The van der Waals surface area contributed by atoms with E-state index in [1.165, 1.54) is 36.1 Å². The van der Waals surface area contributed by atoms with E-state index in [1.54, 1.807) is 0 Å². The molecule has 1 amide bonds. The number of carboxylic acids is 1. The SMILES string of the molecule is CCCN(C(C)=O)C(C(=O)O)c1ccc(OC(F)F)cc1. The van der Waals surface area contributed by atoms with E-state index in [0.717, 1.165) is 0 Å². The van der Waals surface area contributed by atoms with E-state index in [4.69, 9.17) is 0 Å². The van der Waals surface area contributed by atoms with Gasteiger partial charge in [-0.15, -0.1) is 0 Å². The molecule has 0 radical (unpaired) electrons. The summed E-state index contributed by atoms with van der Waals surface area (Å²) in [6, 6.07) is 4.08. The minimum atomic E-state index is -2.94. The maximum absolute atomic E-state index is 12.1. The van der Waals surface area contributed by atoms with Gasteiger partial charge in [0.1, 0.15) is 5.75 Å². The largest absolute Gasteiger partial charge is 0.479 e. The first kappa shape index (κ1) is 16.9. The summed E-state index contributed by atoms with van der Waals surface area (Å²) >= 11 is 0. The van der Waals surface area contributed by atoms with Gasteiger partial charge in [-0.2, -0.15) is 8.78 Å². The number of alkyl halides is 2. The van der Waals surface area contributed by atoms with Gasteiger partial charge in [0.2, 0.25) is 5.91 Å².